The molecule has 0 fully saturated rings. The van der Waals surface area contributed by atoms with E-state index in [4.69, 9.17) is 5.11 Å². The molecule has 4 nitrogen and oxygen atoms in total. The first-order valence-corrected chi connectivity index (χ1v) is 8.19. The lowest BCUT2D eigenvalue weighted by Gasteiger charge is -2.02. The van der Waals surface area contributed by atoms with Crippen molar-refractivity contribution in [3.8, 4) is 11.1 Å². The number of aromatic carboxylic acids is 1. The van der Waals surface area contributed by atoms with Gasteiger partial charge in [0.2, 0.25) is 5.78 Å². The van der Waals surface area contributed by atoms with Crippen LogP contribution in [-0.4, -0.2) is 21.3 Å². The van der Waals surface area contributed by atoms with E-state index in [0.717, 1.165) is 16.6 Å². The summed E-state index contributed by atoms with van der Waals surface area (Å²) < 4.78 is 1.87. The predicted octanol–water partition coefficient (Wildman–Crippen LogP) is 4.54. The molecule has 26 heavy (non-hydrogen) atoms. The number of hydrogen-bond acceptors (Lipinski definition) is 2. The molecule has 0 saturated carbocycles. The van der Waals surface area contributed by atoms with Crippen molar-refractivity contribution in [2.45, 2.75) is 0 Å². The van der Waals surface area contributed by atoms with Crippen LogP contribution in [0.25, 0.3) is 16.6 Å². The van der Waals surface area contributed by atoms with Crippen LogP contribution in [0.1, 0.15) is 26.4 Å². The summed E-state index contributed by atoms with van der Waals surface area (Å²) >= 11 is 0. The van der Waals surface area contributed by atoms with Crippen LogP contribution in [-0.2, 0) is 0 Å². The minimum Gasteiger partial charge on any atom is -0.478 e. The quantitative estimate of drug-likeness (QED) is 0.555. The molecule has 0 atom stereocenters. The summed E-state index contributed by atoms with van der Waals surface area (Å²) in [5, 5.41) is 9.07. The second-order valence-electron chi connectivity index (χ2n) is 5.98. The highest BCUT2D eigenvalue weighted by Crippen LogP contribution is 2.29. The van der Waals surface area contributed by atoms with Gasteiger partial charge in [0.25, 0.3) is 0 Å². The normalized spacial score (nSPS) is 10.8. The van der Waals surface area contributed by atoms with E-state index in [9.17, 15) is 9.59 Å². The van der Waals surface area contributed by atoms with Crippen molar-refractivity contribution in [1.82, 2.24) is 4.40 Å². The zero-order chi connectivity index (χ0) is 18.1. The first-order valence-electron chi connectivity index (χ1n) is 8.19. The zero-order valence-electron chi connectivity index (χ0n) is 13.8. The fraction of sp³-hybridized carbons (Fsp3) is 0. The highest BCUT2D eigenvalue weighted by atomic mass is 16.4. The Morgan fingerprint density at radius 3 is 2.15 bits per heavy atom. The van der Waals surface area contributed by atoms with E-state index < -0.39 is 5.97 Å². The summed E-state index contributed by atoms with van der Waals surface area (Å²) in [7, 11) is 0. The second kappa shape index (κ2) is 6.33. The summed E-state index contributed by atoms with van der Waals surface area (Å²) in [5.74, 6) is -1.02. The number of carbonyl (C=O) groups is 2. The van der Waals surface area contributed by atoms with E-state index in [0.29, 0.717) is 11.3 Å². The van der Waals surface area contributed by atoms with Crippen molar-refractivity contribution >= 4 is 17.3 Å². The molecule has 0 bridgehead atoms. The predicted molar refractivity (Wildman–Crippen MR) is 99.7 cm³/mol. The van der Waals surface area contributed by atoms with E-state index >= 15 is 0 Å². The van der Waals surface area contributed by atoms with E-state index in [1.807, 2.05) is 53.1 Å². The average molecular weight is 341 g/mol. The van der Waals surface area contributed by atoms with Gasteiger partial charge in [0.15, 0.2) is 0 Å². The molecule has 2 aromatic heterocycles. The third-order valence-electron chi connectivity index (χ3n) is 4.39. The molecule has 4 aromatic rings. The molecule has 0 saturated heterocycles. The lowest BCUT2D eigenvalue weighted by molar-refractivity contribution is 0.0696. The van der Waals surface area contributed by atoms with Gasteiger partial charge in [0, 0.05) is 17.3 Å². The number of benzene rings is 2. The number of carboxylic acids is 1. The van der Waals surface area contributed by atoms with Gasteiger partial charge in [-0.05, 0) is 35.9 Å². The van der Waals surface area contributed by atoms with E-state index in [1.165, 1.54) is 0 Å². The van der Waals surface area contributed by atoms with Gasteiger partial charge in [-0.25, -0.2) is 4.79 Å². The molecule has 4 heteroatoms. The van der Waals surface area contributed by atoms with Crippen molar-refractivity contribution in [2.24, 2.45) is 0 Å². The minimum atomic E-state index is -0.960. The molecule has 0 aliphatic rings. The minimum absolute atomic E-state index is 0.0554. The van der Waals surface area contributed by atoms with Gasteiger partial charge in [0.1, 0.15) is 0 Å². The van der Waals surface area contributed by atoms with Crippen LogP contribution in [0.2, 0.25) is 0 Å². The fourth-order valence-corrected chi connectivity index (χ4v) is 3.09. The van der Waals surface area contributed by atoms with Crippen molar-refractivity contribution in [3.63, 3.8) is 0 Å². The molecule has 126 valence electrons. The van der Waals surface area contributed by atoms with E-state index in [-0.39, 0.29) is 11.3 Å². The fourth-order valence-electron chi connectivity index (χ4n) is 3.09. The number of hydrogen-bond donors (Lipinski definition) is 1. The molecule has 0 spiro atoms. The summed E-state index contributed by atoms with van der Waals surface area (Å²) in [6.07, 6.45) is 1.86. The van der Waals surface area contributed by atoms with Gasteiger partial charge in [-0.2, -0.15) is 0 Å². The zero-order valence-corrected chi connectivity index (χ0v) is 13.8. The smallest absolute Gasteiger partial charge is 0.335 e. The van der Waals surface area contributed by atoms with Crippen LogP contribution < -0.4 is 0 Å². The molecule has 0 amide bonds. The van der Waals surface area contributed by atoms with Gasteiger partial charge < -0.3 is 9.51 Å². The second-order valence-corrected chi connectivity index (χ2v) is 5.98. The average Bonchev–Trinajstić information content (AvgIpc) is 3.08. The lowest BCUT2D eigenvalue weighted by Crippen LogP contribution is -2.04. The maximum Gasteiger partial charge on any atom is 0.335 e. The van der Waals surface area contributed by atoms with Crippen LogP contribution in [0, 0.1) is 0 Å². The topological polar surface area (TPSA) is 58.8 Å². The van der Waals surface area contributed by atoms with Gasteiger partial charge in [-0.3, -0.25) is 4.79 Å². The van der Waals surface area contributed by atoms with E-state index in [2.05, 4.69) is 0 Å². The molecule has 4 rings (SSSR count). The monoisotopic (exact) mass is 341 g/mol. The largest absolute Gasteiger partial charge is 0.478 e. The lowest BCUT2D eigenvalue weighted by atomic mass is 10.0. The number of ketones is 1. The Balaban J connectivity index is 1.87. The Kier molecular flexibility index (Phi) is 3.86. The van der Waals surface area contributed by atoms with Crippen LogP contribution in [0.15, 0.2) is 85.1 Å². The molecular formula is C22H15NO3. The number of carboxylic acid groups (broad SMARTS) is 1. The van der Waals surface area contributed by atoms with Crippen LogP contribution in [0.3, 0.4) is 0 Å². The third-order valence-corrected chi connectivity index (χ3v) is 4.39. The SMILES string of the molecule is O=C(O)c1ccc(-c2cc(C(=O)c3ccccc3)n3ccccc23)cc1. The highest BCUT2D eigenvalue weighted by Gasteiger charge is 2.17. The Bertz CT molecular complexity index is 1110. The van der Waals surface area contributed by atoms with Crippen LogP contribution in [0.4, 0.5) is 0 Å². The molecule has 0 radical (unpaired) electrons. The highest BCUT2D eigenvalue weighted by molar-refractivity contribution is 6.10. The Hall–Kier alpha value is -3.66. The summed E-state index contributed by atoms with van der Waals surface area (Å²) in [5.41, 5.74) is 4.09. The Morgan fingerprint density at radius 1 is 0.769 bits per heavy atom. The van der Waals surface area contributed by atoms with Crippen LogP contribution in [0.5, 0.6) is 0 Å². The maximum atomic E-state index is 12.9. The van der Waals surface area contributed by atoms with Gasteiger partial charge >= 0.3 is 5.97 Å². The molecule has 0 aliphatic carbocycles. The van der Waals surface area contributed by atoms with Gasteiger partial charge in [0.05, 0.1) is 16.8 Å². The Morgan fingerprint density at radius 2 is 1.46 bits per heavy atom. The third kappa shape index (κ3) is 2.67. The van der Waals surface area contributed by atoms with Gasteiger partial charge in [-0.1, -0.05) is 48.5 Å². The molecule has 0 aliphatic heterocycles. The molecule has 1 N–H and O–H groups in total. The first kappa shape index (κ1) is 15.8. The van der Waals surface area contributed by atoms with Crippen molar-refractivity contribution < 1.29 is 14.7 Å². The summed E-state index contributed by atoms with van der Waals surface area (Å²) in [4.78, 5) is 24.0. The molecule has 0 unspecified atom stereocenters. The van der Waals surface area contributed by atoms with Crippen molar-refractivity contribution in [2.75, 3.05) is 0 Å². The number of aromatic nitrogens is 1. The van der Waals surface area contributed by atoms with E-state index in [1.54, 1.807) is 36.4 Å². The number of nitrogens with zero attached hydrogens (tertiary/aromatic N) is 1. The maximum absolute atomic E-state index is 12.9. The molecular weight excluding hydrogens is 326 g/mol. The van der Waals surface area contributed by atoms with Gasteiger partial charge in [-0.15, -0.1) is 0 Å². The summed E-state index contributed by atoms with van der Waals surface area (Å²) in [6.45, 7) is 0. The Labute approximate surface area is 150 Å². The van der Waals surface area contributed by atoms with Crippen molar-refractivity contribution in [1.29, 1.82) is 0 Å². The standard InChI is InChI=1S/C22H15NO3/c24-21(16-6-2-1-3-7-16)20-14-18(19-8-4-5-13-23(19)20)15-9-11-17(12-10-15)22(25)26/h1-14H,(H,25,26). The summed E-state index contributed by atoms with van der Waals surface area (Å²) in [6, 6.07) is 23.4. The number of fused-ring (bicyclic) bond motifs is 1. The van der Waals surface area contributed by atoms with Crippen molar-refractivity contribution in [3.05, 3.63) is 102 Å². The number of rotatable bonds is 4. The van der Waals surface area contributed by atoms with Crippen LogP contribution >= 0.6 is 0 Å². The number of pyridine rings is 1. The molecule has 2 aromatic carbocycles. The molecule has 2 heterocycles. The first-order chi connectivity index (χ1) is 12.6. The number of carbonyl (C=O) groups excluding carboxylic acids is 1.